The van der Waals surface area contributed by atoms with E-state index in [0.717, 1.165) is 10.0 Å². The number of amides is 1. The third kappa shape index (κ3) is 1.40. The molecule has 2 heterocycles. The molecule has 0 unspecified atom stereocenters. The summed E-state index contributed by atoms with van der Waals surface area (Å²) in [5.41, 5.74) is 0. The van der Waals surface area contributed by atoms with Gasteiger partial charge in [-0.15, -0.1) is 0 Å². The fourth-order valence-electron chi connectivity index (χ4n) is 0.995. The normalized spacial score (nSPS) is 13.3. The van der Waals surface area contributed by atoms with Crippen molar-refractivity contribution in [2.75, 3.05) is 13.7 Å². The average Bonchev–Trinajstić information content (AvgIpc) is 2.59. The number of carbonyl (C=O) groups is 1. The molecule has 0 radical (unpaired) electrons. The number of hydrogen-bond acceptors (Lipinski definition) is 5. The molecule has 1 aromatic rings. The Morgan fingerprint density at radius 3 is 3.31 bits per heavy atom. The van der Waals surface area contributed by atoms with Crippen molar-refractivity contribution in [1.82, 2.24) is 15.6 Å². The summed E-state index contributed by atoms with van der Waals surface area (Å²) in [7, 11) is 1.59. The lowest BCUT2D eigenvalue weighted by atomic mass is 10.6. The number of hydrogen-bond donors (Lipinski definition) is 2. The van der Waals surface area contributed by atoms with Gasteiger partial charge in [0.2, 0.25) is 0 Å². The molecule has 0 aliphatic carbocycles. The van der Waals surface area contributed by atoms with Gasteiger partial charge in [0, 0.05) is 13.2 Å². The Labute approximate surface area is 78.2 Å². The molecular formula is C7H8N4OS. The lowest BCUT2D eigenvalue weighted by molar-refractivity contribution is 0.0962. The Hall–Kier alpha value is -1.43. The zero-order valence-corrected chi connectivity index (χ0v) is 7.81. The monoisotopic (exact) mass is 196 g/mol. The number of carbonyl (C=O) groups excluding carboxylic acids is 1. The Morgan fingerprint density at radius 2 is 2.62 bits per heavy atom. The molecule has 2 N–H and O–H groups in total. The number of thiazole rings is 1. The van der Waals surface area contributed by atoms with E-state index in [1.54, 1.807) is 13.2 Å². The van der Waals surface area contributed by atoms with Crippen molar-refractivity contribution in [3.8, 4) is 0 Å². The number of aromatic nitrogens is 1. The summed E-state index contributed by atoms with van der Waals surface area (Å²) >= 11 is 1.31. The van der Waals surface area contributed by atoms with Gasteiger partial charge in [0.05, 0.1) is 0 Å². The first-order chi connectivity index (χ1) is 6.31. The van der Waals surface area contributed by atoms with Crippen LogP contribution in [0.15, 0.2) is 4.99 Å². The van der Waals surface area contributed by atoms with Crippen LogP contribution in [0.4, 0.5) is 0 Å². The van der Waals surface area contributed by atoms with E-state index in [9.17, 15) is 4.79 Å². The second-order valence-corrected chi connectivity index (χ2v) is 3.43. The van der Waals surface area contributed by atoms with Gasteiger partial charge in [-0.25, -0.2) is 4.98 Å². The Balaban J connectivity index is 2.54. The van der Waals surface area contributed by atoms with Crippen molar-refractivity contribution >= 4 is 23.4 Å². The Morgan fingerprint density at radius 1 is 1.77 bits per heavy atom. The molecule has 5 nitrogen and oxygen atoms in total. The van der Waals surface area contributed by atoms with Crippen molar-refractivity contribution in [3.63, 3.8) is 0 Å². The first-order valence-electron chi connectivity index (χ1n) is 3.78. The van der Waals surface area contributed by atoms with E-state index in [2.05, 4.69) is 20.6 Å². The topological polar surface area (TPSA) is 66.4 Å². The van der Waals surface area contributed by atoms with Gasteiger partial charge in [0.1, 0.15) is 16.7 Å². The molecule has 1 aliphatic rings. The summed E-state index contributed by atoms with van der Waals surface area (Å²) in [4.78, 5) is 19.5. The second kappa shape index (κ2) is 3.14. The van der Waals surface area contributed by atoms with Gasteiger partial charge in [-0.05, 0) is 0 Å². The summed E-state index contributed by atoms with van der Waals surface area (Å²) in [6, 6.07) is 0. The fourth-order valence-corrected chi connectivity index (χ4v) is 1.86. The van der Waals surface area contributed by atoms with E-state index in [1.807, 2.05) is 0 Å². The highest BCUT2D eigenvalue weighted by Crippen LogP contribution is 1.94. The minimum atomic E-state index is -0.164. The molecule has 0 atom stereocenters. The molecule has 0 spiro atoms. The van der Waals surface area contributed by atoms with Gasteiger partial charge in [-0.1, -0.05) is 11.3 Å². The summed E-state index contributed by atoms with van der Waals surface area (Å²) in [6.45, 7) is 0.558. The summed E-state index contributed by atoms with van der Waals surface area (Å²) < 4.78 is 0.817. The van der Waals surface area contributed by atoms with Crippen molar-refractivity contribution in [1.29, 1.82) is 0 Å². The fraction of sp³-hybridized carbons (Fsp3) is 0.286. The van der Waals surface area contributed by atoms with Gasteiger partial charge in [-0.2, -0.15) is 0 Å². The van der Waals surface area contributed by atoms with Gasteiger partial charge >= 0.3 is 0 Å². The molecule has 13 heavy (non-hydrogen) atoms. The van der Waals surface area contributed by atoms with Crippen LogP contribution in [0, 0.1) is 0 Å². The van der Waals surface area contributed by atoms with Gasteiger partial charge in [-0.3, -0.25) is 9.79 Å². The predicted octanol–water partition coefficient (Wildman–Crippen LogP) is -1.58. The van der Waals surface area contributed by atoms with Crippen LogP contribution in [0.5, 0.6) is 0 Å². The molecule has 0 fully saturated rings. The Bertz CT molecular complexity index is 416. The van der Waals surface area contributed by atoms with Crippen LogP contribution in [0.3, 0.4) is 0 Å². The first kappa shape index (κ1) is 8.18. The van der Waals surface area contributed by atoms with Crippen molar-refractivity contribution < 1.29 is 4.79 Å². The highest BCUT2D eigenvalue weighted by molar-refractivity contribution is 7.11. The quantitative estimate of drug-likeness (QED) is 0.570. The molecular weight excluding hydrogens is 188 g/mol. The minimum absolute atomic E-state index is 0.164. The van der Waals surface area contributed by atoms with Crippen LogP contribution in [0.25, 0.3) is 6.20 Å². The van der Waals surface area contributed by atoms with E-state index >= 15 is 0 Å². The standard InChI is InChI=1S/C7H8N4OS/c1-8-5(12)7-11-4-2-9-3-10-6(4)13-7/h2,9H,3H2,1H3,(H,8,12). The van der Waals surface area contributed by atoms with Gasteiger partial charge in [0.15, 0.2) is 5.01 Å². The summed E-state index contributed by atoms with van der Waals surface area (Å²) in [5, 5.41) is 6.66. The van der Waals surface area contributed by atoms with Crippen LogP contribution < -0.4 is 20.7 Å². The van der Waals surface area contributed by atoms with E-state index in [4.69, 9.17) is 0 Å². The van der Waals surface area contributed by atoms with Gasteiger partial charge in [0.25, 0.3) is 5.91 Å². The largest absolute Gasteiger partial charge is 0.370 e. The summed E-state index contributed by atoms with van der Waals surface area (Å²) in [5.74, 6) is -0.164. The smallest absolute Gasteiger partial charge is 0.280 e. The highest BCUT2D eigenvalue weighted by Gasteiger charge is 2.09. The molecule has 0 aromatic carbocycles. The van der Waals surface area contributed by atoms with Crippen molar-refractivity contribution in [2.24, 2.45) is 4.99 Å². The third-order valence-corrected chi connectivity index (χ3v) is 2.61. The molecule has 0 bridgehead atoms. The maximum atomic E-state index is 11.2. The lowest BCUT2D eigenvalue weighted by Gasteiger charge is -1.94. The molecule has 0 saturated heterocycles. The maximum absolute atomic E-state index is 11.2. The van der Waals surface area contributed by atoms with Crippen LogP contribution >= 0.6 is 11.3 Å². The second-order valence-electron chi connectivity index (χ2n) is 2.45. The zero-order valence-electron chi connectivity index (χ0n) is 7.00. The number of fused-ring (bicyclic) bond motifs is 1. The van der Waals surface area contributed by atoms with Crippen LogP contribution in [0.1, 0.15) is 9.80 Å². The number of nitrogens with zero attached hydrogens (tertiary/aromatic N) is 2. The molecule has 6 heteroatoms. The summed E-state index contributed by atoms with van der Waals surface area (Å²) in [6.07, 6.45) is 1.77. The van der Waals surface area contributed by atoms with Crippen molar-refractivity contribution in [2.45, 2.75) is 0 Å². The van der Waals surface area contributed by atoms with Crippen LogP contribution in [-0.2, 0) is 0 Å². The molecule has 1 aromatic heterocycles. The number of nitrogens with one attached hydrogen (secondary N) is 2. The highest BCUT2D eigenvalue weighted by atomic mass is 32.1. The first-order valence-corrected chi connectivity index (χ1v) is 4.60. The third-order valence-electron chi connectivity index (χ3n) is 1.61. The zero-order chi connectivity index (χ0) is 9.26. The maximum Gasteiger partial charge on any atom is 0.280 e. The van der Waals surface area contributed by atoms with E-state index < -0.39 is 0 Å². The molecule has 0 saturated carbocycles. The van der Waals surface area contributed by atoms with Gasteiger partial charge < -0.3 is 10.6 Å². The average molecular weight is 196 g/mol. The predicted molar refractivity (Wildman–Crippen MR) is 48.8 cm³/mol. The van der Waals surface area contributed by atoms with E-state index in [1.165, 1.54) is 11.3 Å². The molecule has 1 aliphatic heterocycles. The SMILES string of the molecule is CNC(=O)c1nc2c(s1)=NCNC=2. The van der Waals surface area contributed by atoms with E-state index in [0.29, 0.717) is 11.7 Å². The Kier molecular flexibility index (Phi) is 1.97. The molecule has 2 rings (SSSR count). The molecule has 1 amide bonds. The van der Waals surface area contributed by atoms with Crippen LogP contribution in [0.2, 0.25) is 0 Å². The number of rotatable bonds is 1. The van der Waals surface area contributed by atoms with Crippen LogP contribution in [-0.4, -0.2) is 24.6 Å². The van der Waals surface area contributed by atoms with Crippen molar-refractivity contribution in [3.05, 3.63) is 15.0 Å². The molecule has 68 valence electrons. The lowest BCUT2D eigenvalue weighted by Crippen LogP contribution is -2.31. The minimum Gasteiger partial charge on any atom is -0.370 e. The van der Waals surface area contributed by atoms with E-state index in [-0.39, 0.29) is 5.91 Å².